The van der Waals surface area contributed by atoms with E-state index in [0.717, 1.165) is 108 Å². The lowest BCUT2D eigenvalue weighted by Gasteiger charge is -2.21. The van der Waals surface area contributed by atoms with Crippen LogP contribution in [0, 0.1) is 23.7 Å². The molecule has 0 aromatic rings. The van der Waals surface area contributed by atoms with E-state index in [1.165, 1.54) is 135 Å². The Morgan fingerprint density at radius 3 is 0.713 bits per heavy atom. The molecule has 19 heteroatoms. The second kappa shape index (κ2) is 57.9. The lowest BCUT2D eigenvalue weighted by molar-refractivity contribution is -0.161. The molecule has 17 nitrogen and oxygen atoms in total. The monoisotopic (exact) mass is 1280 g/mol. The molecule has 0 aliphatic heterocycles. The highest BCUT2D eigenvalue weighted by atomic mass is 31.2. The van der Waals surface area contributed by atoms with Crippen molar-refractivity contribution in [3.8, 4) is 0 Å². The van der Waals surface area contributed by atoms with Crippen molar-refractivity contribution < 1.29 is 80.2 Å². The molecule has 3 N–H and O–H groups in total. The molecular formula is C68H132O17P2. The topological polar surface area (TPSA) is 237 Å². The van der Waals surface area contributed by atoms with Crippen LogP contribution in [0.25, 0.3) is 0 Å². The van der Waals surface area contributed by atoms with Crippen LogP contribution in [0.4, 0.5) is 0 Å². The number of rotatable bonds is 65. The van der Waals surface area contributed by atoms with Gasteiger partial charge in [0.2, 0.25) is 0 Å². The minimum atomic E-state index is -4.95. The zero-order valence-corrected chi connectivity index (χ0v) is 58.4. The largest absolute Gasteiger partial charge is 0.472 e. The molecule has 0 aliphatic carbocycles. The summed E-state index contributed by atoms with van der Waals surface area (Å²) in [6.07, 6.45) is 39.1. The van der Waals surface area contributed by atoms with Gasteiger partial charge in [-0.25, -0.2) is 9.13 Å². The third kappa shape index (κ3) is 62.6. The molecular weight excluding hydrogens is 1150 g/mol. The van der Waals surface area contributed by atoms with E-state index >= 15 is 0 Å². The molecule has 0 aliphatic rings. The minimum absolute atomic E-state index is 0.101. The van der Waals surface area contributed by atoms with Crippen LogP contribution >= 0.6 is 15.6 Å². The van der Waals surface area contributed by atoms with E-state index in [0.29, 0.717) is 31.6 Å². The van der Waals surface area contributed by atoms with Gasteiger partial charge in [0.1, 0.15) is 19.3 Å². The summed E-state index contributed by atoms with van der Waals surface area (Å²) in [7, 11) is -9.90. The number of carbonyl (C=O) groups excluding carboxylic acids is 4. The summed E-state index contributed by atoms with van der Waals surface area (Å²) in [5.74, 6) is 0.783. The third-order valence-electron chi connectivity index (χ3n) is 15.6. The van der Waals surface area contributed by atoms with Gasteiger partial charge in [0.25, 0.3) is 0 Å². The number of aliphatic hydroxyl groups excluding tert-OH is 1. The summed E-state index contributed by atoms with van der Waals surface area (Å²) in [5.41, 5.74) is 0. The fraction of sp³-hybridized carbons (Fsp3) is 0.941. The molecule has 0 saturated carbocycles. The molecule has 0 bridgehead atoms. The molecule has 0 spiro atoms. The van der Waals surface area contributed by atoms with Crippen molar-refractivity contribution in [2.24, 2.45) is 23.7 Å². The van der Waals surface area contributed by atoms with Gasteiger partial charge in [0.15, 0.2) is 12.2 Å². The predicted octanol–water partition coefficient (Wildman–Crippen LogP) is 18.9. The van der Waals surface area contributed by atoms with E-state index in [-0.39, 0.29) is 25.7 Å². The smallest absolute Gasteiger partial charge is 0.462 e. The Morgan fingerprint density at radius 1 is 0.287 bits per heavy atom. The lowest BCUT2D eigenvalue weighted by Crippen LogP contribution is -2.30. The Labute approximate surface area is 530 Å². The van der Waals surface area contributed by atoms with E-state index in [1.54, 1.807) is 0 Å². The van der Waals surface area contributed by atoms with Crippen molar-refractivity contribution in [2.75, 3.05) is 39.6 Å². The third-order valence-corrected chi connectivity index (χ3v) is 17.5. The van der Waals surface area contributed by atoms with Crippen LogP contribution in [0.15, 0.2) is 0 Å². The van der Waals surface area contributed by atoms with Crippen molar-refractivity contribution in [1.82, 2.24) is 0 Å². The molecule has 0 saturated heterocycles. The van der Waals surface area contributed by atoms with E-state index in [9.17, 15) is 43.2 Å². The summed E-state index contributed by atoms with van der Waals surface area (Å²) < 4.78 is 68.2. The fourth-order valence-electron chi connectivity index (χ4n) is 10.1. The average Bonchev–Trinajstić information content (AvgIpc) is 3.67. The van der Waals surface area contributed by atoms with E-state index < -0.39 is 97.5 Å². The molecule has 5 atom stereocenters. The zero-order valence-electron chi connectivity index (χ0n) is 56.6. The standard InChI is InChI=1S/C68H132O17P2/c1-58(2)44-36-28-20-14-10-9-11-17-25-34-42-50-67(72)84-63(54-79-66(71)49-41-33-24-19-18-22-30-38-46-60(5)6)56-82-86(74,75)80-52-62(69)53-81-87(76,77)83-57-64(85-68(73)51-43-35-27-26-31-39-47-61(7)8)55-78-65(70)48-40-32-23-16-13-12-15-21-29-37-45-59(3)4/h58-64,69H,9-57H2,1-8H3,(H,74,75)(H,76,77)/t62?,63-,64-/m1/s1. The number of ether oxygens (including phenoxy) is 4. The summed E-state index contributed by atoms with van der Waals surface area (Å²) in [5, 5.41) is 10.6. The second-order valence-corrected chi connectivity index (χ2v) is 29.4. The summed E-state index contributed by atoms with van der Waals surface area (Å²) in [6, 6.07) is 0. The SMILES string of the molecule is CC(C)CCCCCCCCCCCCCC(=O)O[C@H](COC(=O)CCCCCCCCCCC(C)C)COP(=O)(O)OCC(O)COP(=O)(O)OC[C@@H](COC(=O)CCCCCCCCCCCCC(C)C)OC(=O)CCCCCCCCC(C)C. The van der Waals surface area contributed by atoms with Gasteiger partial charge in [-0.15, -0.1) is 0 Å². The van der Waals surface area contributed by atoms with Gasteiger partial charge in [-0.2, -0.15) is 0 Å². The number of phosphoric ester groups is 2. The van der Waals surface area contributed by atoms with Crippen molar-refractivity contribution in [3.63, 3.8) is 0 Å². The molecule has 87 heavy (non-hydrogen) atoms. The highest BCUT2D eigenvalue weighted by molar-refractivity contribution is 7.47. The minimum Gasteiger partial charge on any atom is -0.462 e. The molecule has 0 radical (unpaired) electrons. The second-order valence-electron chi connectivity index (χ2n) is 26.5. The Hall–Kier alpha value is -1.94. The van der Waals surface area contributed by atoms with Crippen LogP contribution in [0.3, 0.4) is 0 Å². The first-order valence-electron chi connectivity index (χ1n) is 35.2. The molecule has 516 valence electrons. The van der Waals surface area contributed by atoms with E-state index in [1.807, 2.05) is 0 Å². The molecule has 0 heterocycles. The number of aliphatic hydroxyl groups is 1. The molecule has 0 rings (SSSR count). The predicted molar refractivity (Wildman–Crippen MR) is 349 cm³/mol. The van der Waals surface area contributed by atoms with Gasteiger partial charge < -0.3 is 33.8 Å². The van der Waals surface area contributed by atoms with Crippen LogP contribution < -0.4 is 0 Å². The Balaban J connectivity index is 5.24. The van der Waals surface area contributed by atoms with Crippen molar-refractivity contribution in [2.45, 2.75) is 350 Å². The Morgan fingerprint density at radius 2 is 0.483 bits per heavy atom. The number of esters is 4. The number of carbonyl (C=O) groups is 4. The van der Waals surface area contributed by atoms with Gasteiger partial charge in [0, 0.05) is 25.7 Å². The molecule has 0 amide bonds. The maximum Gasteiger partial charge on any atom is 0.472 e. The highest BCUT2D eigenvalue weighted by Crippen LogP contribution is 2.45. The number of unbranched alkanes of at least 4 members (excludes halogenated alkanes) is 31. The highest BCUT2D eigenvalue weighted by Gasteiger charge is 2.30. The van der Waals surface area contributed by atoms with Crippen LogP contribution in [-0.4, -0.2) is 96.7 Å². The normalized spacial score (nSPS) is 14.3. The Kier molecular flexibility index (Phi) is 56.6. The van der Waals surface area contributed by atoms with Crippen LogP contribution in [0.1, 0.15) is 331 Å². The molecule has 3 unspecified atom stereocenters. The van der Waals surface area contributed by atoms with Gasteiger partial charge in [0.05, 0.1) is 26.4 Å². The van der Waals surface area contributed by atoms with Gasteiger partial charge in [-0.05, 0) is 49.4 Å². The fourth-order valence-corrected chi connectivity index (χ4v) is 11.7. The van der Waals surface area contributed by atoms with Crippen LogP contribution in [-0.2, 0) is 65.4 Å². The quantitative estimate of drug-likeness (QED) is 0.0222. The summed E-state index contributed by atoms with van der Waals surface area (Å²) in [4.78, 5) is 72.4. The molecule has 0 aromatic heterocycles. The summed E-state index contributed by atoms with van der Waals surface area (Å²) >= 11 is 0. The van der Waals surface area contributed by atoms with Crippen LogP contribution in [0.5, 0.6) is 0 Å². The van der Waals surface area contributed by atoms with Crippen molar-refractivity contribution in [1.29, 1.82) is 0 Å². The zero-order chi connectivity index (χ0) is 64.7. The first-order chi connectivity index (χ1) is 41.6. The van der Waals surface area contributed by atoms with Gasteiger partial charge in [-0.3, -0.25) is 37.3 Å². The lowest BCUT2D eigenvalue weighted by atomic mass is 10.0. The van der Waals surface area contributed by atoms with E-state index in [4.69, 9.17) is 37.0 Å². The maximum absolute atomic E-state index is 13.0. The Bertz CT molecular complexity index is 1730. The van der Waals surface area contributed by atoms with Crippen LogP contribution in [0.2, 0.25) is 0 Å². The van der Waals surface area contributed by atoms with Crippen molar-refractivity contribution in [3.05, 3.63) is 0 Å². The number of phosphoric acid groups is 2. The van der Waals surface area contributed by atoms with Crippen molar-refractivity contribution >= 4 is 39.5 Å². The molecule has 0 fully saturated rings. The number of hydrogen-bond acceptors (Lipinski definition) is 15. The average molecular weight is 1280 g/mol. The van der Waals surface area contributed by atoms with Gasteiger partial charge >= 0.3 is 39.5 Å². The number of hydrogen-bond donors (Lipinski definition) is 3. The summed E-state index contributed by atoms with van der Waals surface area (Å²) in [6.45, 7) is 14.0. The first kappa shape index (κ1) is 85.1. The van der Waals surface area contributed by atoms with Gasteiger partial charge in [-0.1, -0.05) is 280 Å². The van der Waals surface area contributed by atoms with E-state index in [2.05, 4.69) is 55.4 Å². The first-order valence-corrected chi connectivity index (χ1v) is 38.2. The maximum atomic E-state index is 13.0. The molecule has 0 aromatic carbocycles.